The minimum absolute atomic E-state index is 0.195. The number of amides is 1. The number of benzene rings is 1. The molecule has 0 radical (unpaired) electrons. The molecular weight excluding hydrogens is 322 g/mol. The lowest BCUT2D eigenvalue weighted by molar-refractivity contribution is 0.0949. The predicted octanol–water partition coefficient (Wildman–Crippen LogP) is 1.32. The quantitative estimate of drug-likeness (QED) is 0.513. The molecule has 0 saturated heterocycles. The zero-order valence-electron chi connectivity index (χ0n) is 13.5. The number of aromatic hydroxyl groups is 1. The third kappa shape index (κ3) is 4.45. The van der Waals surface area contributed by atoms with Gasteiger partial charge in [0.25, 0.3) is 5.91 Å². The van der Waals surface area contributed by atoms with Gasteiger partial charge in [-0.25, -0.2) is 9.97 Å². The molecule has 8 heteroatoms. The topological polar surface area (TPSA) is 130 Å². The van der Waals surface area contributed by atoms with E-state index in [2.05, 4.69) is 20.3 Å². The van der Waals surface area contributed by atoms with Crippen molar-refractivity contribution in [3.8, 4) is 5.75 Å². The van der Waals surface area contributed by atoms with Crippen molar-refractivity contribution in [1.82, 2.24) is 20.3 Å². The number of carbonyl (C=O) groups excluding carboxylic acids is 1. The number of phenols is 1. The van der Waals surface area contributed by atoms with E-state index in [1.54, 1.807) is 36.8 Å². The first-order valence-corrected chi connectivity index (χ1v) is 7.86. The van der Waals surface area contributed by atoms with E-state index in [0.717, 1.165) is 11.3 Å². The molecular formula is C17H19N5O3. The van der Waals surface area contributed by atoms with Gasteiger partial charge in [-0.05, 0) is 24.1 Å². The molecule has 0 aliphatic rings. The molecule has 3 rings (SSSR count). The zero-order chi connectivity index (χ0) is 17.6. The standard InChI is InChI=1S/C17H19N5O3/c18-14(7-11-1-3-13(23)4-2-11)17-22-15(9-25-17)16(24)20-6-5-12-8-19-10-21-12/h1-4,8-10,14,23H,5-7,18H2,(H,19,21)(H,20,24). The van der Waals surface area contributed by atoms with Gasteiger partial charge in [0.05, 0.1) is 12.4 Å². The number of H-pyrrole nitrogens is 1. The van der Waals surface area contributed by atoms with Gasteiger partial charge in [0, 0.05) is 24.9 Å². The number of carbonyl (C=O) groups is 1. The first-order valence-electron chi connectivity index (χ1n) is 7.86. The number of nitrogens with one attached hydrogen (secondary N) is 2. The molecule has 0 spiro atoms. The Hall–Kier alpha value is -3.13. The van der Waals surface area contributed by atoms with Crippen molar-refractivity contribution in [2.75, 3.05) is 6.54 Å². The highest BCUT2D eigenvalue weighted by Crippen LogP contribution is 2.18. The third-order valence-corrected chi connectivity index (χ3v) is 3.70. The predicted molar refractivity (Wildman–Crippen MR) is 89.9 cm³/mol. The molecule has 0 fully saturated rings. The van der Waals surface area contributed by atoms with Crippen LogP contribution in [0.4, 0.5) is 0 Å². The van der Waals surface area contributed by atoms with Gasteiger partial charge in [0.2, 0.25) is 5.89 Å². The van der Waals surface area contributed by atoms with Crippen molar-refractivity contribution in [2.45, 2.75) is 18.9 Å². The molecule has 0 aliphatic heterocycles. The van der Waals surface area contributed by atoms with E-state index in [1.807, 2.05) is 0 Å². The van der Waals surface area contributed by atoms with E-state index in [-0.39, 0.29) is 17.4 Å². The summed E-state index contributed by atoms with van der Waals surface area (Å²) in [7, 11) is 0. The lowest BCUT2D eigenvalue weighted by atomic mass is 10.1. The van der Waals surface area contributed by atoms with Crippen LogP contribution in [0.3, 0.4) is 0 Å². The van der Waals surface area contributed by atoms with Crippen molar-refractivity contribution in [2.24, 2.45) is 5.73 Å². The minimum atomic E-state index is -0.476. The molecule has 0 aliphatic carbocycles. The Bertz CT molecular complexity index is 811. The first-order chi connectivity index (χ1) is 12.1. The summed E-state index contributed by atoms with van der Waals surface area (Å²) in [6.07, 6.45) is 5.75. The molecule has 8 nitrogen and oxygen atoms in total. The number of oxazole rings is 1. The van der Waals surface area contributed by atoms with Crippen LogP contribution in [0.25, 0.3) is 0 Å². The van der Waals surface area contributed by atoms with Crippen LogP contribution < -0.4 is 11.1 Å². The molecule has 5 N–H and O–H groups in total. The number of hydrogen-bond donors (Lipinski definition) is 4. The number of nitrogens with two attached hydrogens (primary N) is 1. The van der Waals surface area contributed by atoms with Crippen molar-refractivity contribution in [3.63, 3.8) is 0 Å². The van der Waals surface area contributed by atoms with E-state index < -0.39 is 6.04 Å². The summed E-state index contributed by atoms with van der Waals surface area (Å²) < 4.78 is 5.33. The van der Waals surface area contributed by atoms with Crippen molar-refractivity contribution in [3.05, 3.63) is 65.9 Å². The smallest absolute Gasteiger partial charge is 0.273 e. The minimum Gasteiger partial charge on any atom is -0.508 e. The summed E-state index contributed by atoms with van der Waals surface area (Å²) in [5.41, 5.74) is 8.16. The van der Waals surface area contributed by atoms with Gasteiger partial charge in [-0.3, -0.25) is 4.79 Å². The summed E-state index contributed by atoms with van der Waals surface area (Å²) in [5.74, 6) is 0.181. The van der Waals surface area contributed by atoms with E-state index in [4.69, 9.17) is 10.2 Å². The maximum Gasteiger partial charge on any atom is 0.273 e. The lowest BCUT2D eigenvalue weighted by Crippen LogP contribution is -2.26. The van der Waals surface area contributed by atoms with Gasteiger partial charge in [-0.15, -0.1) is 0 Å². The Balaban J connectivity index is 1.53. The van der Waals surface area contributed by atoms with E-state index >= 15 is 0 Å². The number of aromatic nitrogens is 3. The molecule has 0 saturated carbocycles. The summed E-state index contributed by atoms with van der Waals surface area (Å²) in [4.78, 5) is 23.1. The van der Waals surface area contributed by atoms with Crippen molar-refractivity contribution >= 4 is 5.91 Å². The van der Waals surface area contributed by atoms with Gasteiger partial charge in [0.15, 0.2) is 5.69 Å². The second-order valence-corrected chi connectivity index (χ2v) is 5.63. The maximum absolute atomic E-state index is 12.1. The van der Waals surface area contributed by atoms with Crippen molar-refractivity contribution in [1.29, 1.82) is 0 Å². The van der Waals surface area contributed by atoms with Crippen LogP contribution in [0.1, 0.15) is 33.7 Å². The molecule has 2 aromatic heterocycles. The van der Waals surface area contributed by atoms with Crippen LogP contribution in [-0.2, 0) is 12.8 Å². The summed E-state index contributed by atoms with van der Waals surface area (Å²) in [6, 6.07) is 6.27. The first kappa shape index (κ1) is 16.7. The highest BCUT2D eigenvalue weighted by molar-refractivity contribution is 5.91. The SMILES string of the molecule is NC(Cc1ccc(O)cc1)c1nc(C(=O)NCCc2cnc[nH]2)co1. The Labute approximate surface area is 144 Å². The van der Waals surface area contributed by atoms with Gasteiger partial charge in [-0.2, -0.15) is 0 Å². The van der Waals surface area contributed by atoms with Gasteiger partial charge in [0.1, 0.15) is 12.0 Å². The van der Waals surface area contributed by atoms with E-state index in [0.29, 0.717) is 25.3 Å². The van der Waals surface area contributed by atoms with Gasteiger partial charge >= 0.3 is 0 Å². The van der Waals surface area contributed by atoms with Crippen LogP contribution in [0.2, 0.25) is 0 Å². The van der Waals surface area contributed by atoms with E-state index in [1.165, 1.54) is 6.26 Å². The van der Waals surface area contributed by atoms with Crippen LogP contribution in [0.5, 0.6) is 5.75 Å². The number of hydrogen-bond acceptors (Lipinski definition) is 6. The van der Waals surface area contributed by atoms with Crippen molar-refractivity contribution < 1.29 is 14.3 Å². The molecule has 3 aromatic rings. The van der Waals surface area contributed by atoms with Crippen LogP contribution in [-0.4, -0.2) is 32.5 Å². The Morgan fingerprint density at radius 2 is 2.16 bits per heavy atom. The third-order valence-electron chi connectivity index (χ3n) is 3.70. The monoisotopic (exact) mass is 341 g/mol. The van der Waals surface area contributed by atoms with E-state index in [9.17, 15) is 9.90 Å². The Kier molecular flexibility index (Phi) is 5.10. The molecule has 130 valence electrons. The summed E-state index contributed by atoms with van der Waals surface area (Å²) in [5, 5.41) is 12.1. The fourth-order valence-corrected chi connectivity index (χ4v) is 2.36. The molecule has 25 heavy (non-hydrogen) atoms. The number of phenolic OH excluding ortho intramolecular Hbond substituents is 1. The largest absolute Gasteiger partial charge is 0.508 e. The fraction of sp³-hybridized carbons (Fsp3) is 0.235. The molecule has 1 unspecified atom stereocenters. The average Bonchev–Trinajstić information content (AvgIpc) is 3.28. The fourth-order valence-electron chi connectivity index (χ4n) is 2.36. The number of nitrogens with zero attached hydrogens (tertiary/aromatic N) is 2. The molecule has 2 heterocycles. The number of imidazole rings is 1. The zero-order valence-corrected chi connectivity index (χ0v) is 13.5. The highest BCUT2D eigenvalue weighted by atomic mass is 16.3. The summed E-state index contributed by atoms with van der Waals surface area (Å²) >= 11 is 0. The van der Waals surface area contributed by atoms with Gasteiger partial charge in [-0.1, -0.05) is 12.1 Å². The highest BCUT2D eigenvalue weighted by Gasteiger charge is 2.17. The number of rotatable bonds is 7. The second kappa shape index (κ2) is 7.63. The number of aromatic amines is 1. The van der Waals surface area contributed by atoms with Gasteiger partial charge < -0.3 is 25.6 Å². The molecule has 1 aromatic carbocycles. The Morgan fingerprint density at radius 1 is 1.36 bits per heavy atom. The second-order valence-electron chi connectivity index (χ2n) is 5.63. The normalized spacial score (nSPS) is 12.0. The van der Waals surface area contributed by atoms with Crippen LogP contribution in [0.15, 0.2) is 47.5 Å². The Morgan fingerprint density at radius 3 is 2.88 bits per heavy atom. The molecule has 0 bridgehead atoms. The van der Waals surface area contributed by atoms with Crippen LogP contribution in [0, 0.1) is 0 Å². The lowest BCUT2D eigenvalue weighted by Gasteiger charge is -2.07. The molecule has 1 atom stereocenters. The summed E-state index contributed by atoms with van der Waals surface area (Å²) in [6.45, 7) is 0.461. The van der Waals surface area contributed by atoms with Crippen LogP contribution >= 0.6 is 0 Å². The molecule has 1 amide bonds. The average molecular weight is 341 g/mol. The maximum atomic E-state index is 12.1.